The molecule has 1 aliphatic heterocycles. The van der Waals surface area contributed by atoms with Crippen LogP contribution >= 0.6 is 0 Å². The maximum atomic E-state index is 11.3. The fourth-order valence-corrected chi connectivity index (χ4v) is 2.03. The highest BCUT2D eigenvalue weighted by Crippen LogP contribution is 2.16. The Hall–Kier alpha value is -1.09. The molecule has 1 saturated heterocycles. The standard InChI is InChI=1S/C12H17NO2/c1-9-7-13(6-5-12(9)14)8-11-4-3-10(2)15-11/h3-4,9H,5-8H2,1-2H3. The first-order valence-corrected chi connectivity index (χ1v) is 5.45. The molecule has 0 aliphatic carbocycles. The summed E-state index contributed by atoms with van der Waals surface area (Å²) in [5.74, 6) is 2.51. The lowest BCUT2D eigenvalue weighted by Gasteiger charge is -2.28. The van der Waals surface area contributed by atoms with Crippen molar-refractivity contribution < 1.29 is 9.21 Å². The SMILES string of the molecule is Cc1ccc(CN2CCC(=O)C(C)C2)o1. The number of ketones is 1. The van der Waals surface area contributed by atoms with Gasteiger partial charge in [0.15, 0.2) is 0 Å². The van der Waals surface area contributed by atoms with Gasteiger partial charge in [0.1, 0.15) is 17.3 Å². The number of likely N-dealkylation sites (tertiary alicyclic amines) is 1. The lowest BCUT2D eigenvalue weighted by Crippen LogP contribution is -2.38. The van der Waals surface area contributed by atoms with Crippen molar-refractivity contribution in [3.63, 3.8) is 0 Å². The van der Waals surface area contributed by atoms with E-state index in [1.165, 1.54) is 0 Å². The van der Waals surface area contributed by atoms with Crippen molar-refractivity contribution in [1.29, 1.82) is 0 Å². The molecule has 15 heavy (non-hydrogen) atoms. The second kappa shape index (κ2) is 4.19. The van der Waals surface area contributed by atoms with Crippen molar-refractivity contribution >= 4 is 5.78 Å². The molecule has 0 amide bonds. The molecular formula is C12H17NO2. The molecule has 82 valence electrons. The summed E-state index contributed by atoms with van der Waals surface area (Å²) < 4.78 is 5.52. The van der Waals surface area contributed by atoms with Crippen LogP contribution < -0.4 is 0 Å². The third kappa shape index (κ3) is 2.48. The predicted octanol–water partition coefficient (Wildman–Crippen LogP) is 2.00. The quantitative estimate of drug-likeness (QED) is 0.743. The minimum Gasteiger partial charge on any atom is -0.465 e. The van der Waals surface area contributed by atoms with Crippen LogP contribution in [-0.2, 0) is 11.3 Å². The second-order valence-corrected chi connectivity index (χ2v) is 4.36. The van der Waals surface area contributed by atoms with Gasteiger partial charge in [-0.2, -0.15) is 0 Å². The van der Waals surface area contributed by atoms with Crippen molar-refractivity contribution in [1.82, 2.24) is 4.90 Å². The van der Waals surface area contributed by atoms with E-state index < -0.39 is 0 Å². The van der Waals surface area contributed by atoms with E-state index in [1.807, 2.05) is 26.0 Å². The van der Waals surface area contributed by atoms with E-state index in [0.29, 0.717) is 12.2 Å². The van der Waals surface area contributed by atoms with E-state index >= 15 is 0 Å². The van der Waals surface area contributed by atoms with Crippen molar-refractivity contribution in [3.05, 3.63) is 23.7 Å². The van der Waals surface area contributed by atoms with Gasteiger partial charge in [-0.05, 0) is 19.1 Å². The van der Waals surface area contributed by atoms with Gasteiger partial charge in [-0.15, -0.1) is 0 Å². The van der Waals surface area contributed by atoms with Crippen molar-refractivity contribution in [2.24, 2.45) is 5.92 Å². The molecule has 3 nitrogen and oxygen atoms in total. The second-order valence-electron chi connectivity index (χ2n) is 4.36. The first kappa shape index (κ1) is 10.4. The number of rotatable bonds is 2. The van der Waals surface area contributed by atoms with Crippen LogP contribution in [0.25, 0.3) is 0 Å². The topological polar surface area (TPSA) is 33.5 Å². The number of Topliss-reactive ketones (excluding diaryl/α,β-unsaturated/α-hetero) is 1. The summed E-state index contributed by atoms with van der Waals surface area (Å²) in [6.07, 6.45) is 0.681. The van der Waals surface area contributed by atoms with E-state index in [0.717, 1.165) is 31.2 Å². The van der Waals surface area contributed by atoms with Gasteiger partial charge in [-0.3, -0.25) is 9.69 Å². The normalized spacial score (nSPS) is 23.3. The Labute approximate surface area is 90.1 Å². The average molecular weight is 207 g/mol. The molecule has 3 heteroatoms. The zero-order chi connectivity index (χ0) is 10.8. The molecule has 1 aromatic rings. The maximum Gasteiger partial charge on any atom is 0.138 e. The molecule has 0 spiro atoms. The maximum absolute atomic E-state index is 11.3. The molecule has 1 unspecified atom stereocenters. The molecule has 0 bridgehead atoms. The van der Waals surface area contributed by atoms with Gasteiger partial charge in [-0.25, -0.2) is 0 Å². The van der Waals surface area contributed by atoms with Gasteiger partial charge < -0.3 is 4.42 Å². The van der Waals surface area contributed by atoms with Gasteiger partial charge in [-0.1, -0.05) is 6.92 Å². The highest BCUT2D eigenvalue weighted by Gasteiger charge is 2.23. The highest BCUT2D eigenvalue weighted by molar-refractivity contribution is 5.81. The molecule has 1 atom stereocenters. The van der Waals surface area contributed by atoms with Gasteiger partial charge >= 0.3 is 0 Å². The molecule has 0 saturated carbocycles. The summed E-state index contributed by atoms with van der Waals surface area (Å²) in [6, 6.07) is 3.99. The van der Waals surface area contributed by atoms with Crippen LogP contribution in [0.2, 0.25) is 0 Å². The summed E-state index contributed by atoms with van der Waals surface area (Å²) in [6.45, 7) is 6.50. The van der Waals surface area contributed by atoms with Gasteiger partial charge in [0.25, 0.3) is 0 Å². The monoisotopic (exact) mass is 207 g/mol. The molecule has 2 heterocycles. The fraction of sp³-hybridized carbons (Fsp3) is 0.583. The number of carbonyl (C=O) groups excluding carboxylic acids is 1. The molecule has 2 rings (SSSR count). The summed E-state index contributed by atoms with van der Waals surface area (Å²) >= 11 is 0. The number of piperidine rings is 1. The van der Waals surface area contributed by atoms with Gasteiger partial charge in [0, 0.05) is 25.4 Å². The van der Waals surface area contributed by atoms with Crippen LogP contribution in [-0.4, -0.2) is 23.8 Å². The zero-order valence-corrected chi connectivity index (χ0v) is 9.32. The molecule has 1 fully saturated rings. The molecule has 0 N–H and O–H groups in total. The molecule has 1 aliphatic rings. The Morgan fingerprint density at radius 1 is 1.53 bits per heavy atom. The number of hydrogen-bond acceptors (Lipinski definition) is 3. The van der Waals surface area contributed by atoms with Crippen LogP contribution in [0.5, 0.6) is 0 Å². The number of hydrogen-bond donors (Lipinski definition) is 0. The predicted molar refractivity (Wildman–Crippen MR) is 57.5 cm³/mol. The van der Waals surface area contributed by atoms with E-state index in [2.05, 4.69) is 4.90 Å². The van der Waals surface area contributed by atoms with Crippen LogP contribution in [0, 0.1) is 12.8 Å². The fourth-order valence-electron chi connectivity index (χ4n) is 2.03. The first-order chi connectivity index (χ1) is 7.15. The molecule has 0 aromatic carbocycles. The van der Waals surface area contributed by atoms with Crippen LogP contribution in [0.15, 0.2) is 16.5 Å². The summed E-state index contributed by atoms with van der Waals surface area (Å²) in [5, 5.41) is 0. The van der Waals surface area contributed by atoms with E-state index in [1.54, 1.807) is 0 Å². The number of furan rings is 1. The van der Waals surface area contributed by atoms with Crippen LogP contribution in [0.3, 0.4) is 0 Å². The van der Waals surface area contributed by atoms with Crippen molar-refractivity contribution in [2.45, 2.75) is 26.8 Å². The van der Waals surface area contributed by atoms with Crippen LogP contribution in [0.1, 0.15) is 24.9 Å². The van der Waals surface area contributed by atoms with Crippen LogP contribution in [0.4, 0.5) is 0 Å². The Bertz CT molecular complexity index is 356. The third-order valence-electron chi connectivity index (χ3n) is 2.93. The minimum atomic E-state index is 0.176. The number of nitrogens with zero attached hydrogens (tertiary/aromatic N) is 1. The number of carbonyl (C=O) groups is 1. The van der Waals surface area contributed by atoms with Crippen molar-refractivity contribution in [3.8, 4) is 0 Å². The lowest BCUT2D eigenvalue weighted by atomic mass is 9.99. The highest BCUT2D eigenvalue weighted by atomic mass is 16.3. The van der Waals surface area contributed by atoms with Crippen molar-refractivity contribution in [2.75, 3.05) is 13.1 Å². The summed E-state index contributed by atoms with van der Waals surface area (Å²) in [5.41, 5.74) is 0. The van der Waals surface area contributed by atoms with Gasteiger partial charge in [0.05, 0.1) is 6.54 Å². The minimum absolute atomic E-state index is 0.176. The van der Waals surface area contributed by atoms with Gasteiger partial charge in [0.2, 0.25) is 0 Å². The third-order valence-corrected chi connectivity index (χ3v) is 2.93. The Morgan fingerprint density at radius 2 is 2.33 bits per heavy atom. The largest absolute Gasteiger partial charge is 0.465 e. The zero-order valence-electron chi connectivity index (χ0n) is 9.32. The molecule has 0 radical (unpaired) electrons. The average Bonchev–Trinajstić information content (AvgIpc) is 2.58. The lowest BCUT2D eigenvalue weighted by molar-refractivity contribution is -0.125. The number of aryl methyl sites for hydroxylation is 1. The molecule has 1 aromatic heterocycles. The summed E-state index contributed by atoms with van der Waals surface area (Å²) in [4.78, 5) is 13.6. The van der Waals surface area contributed by atoms with E-state index in [4.69, 9.17) is 4.42 Å². The summed E-state index contributed by atoms with van der Waals surface area (Å²) in [7, 11) is 0. The Morgan fingerprint density at radius 3 is 2.93 bits per heavy atom. The van der Waals surface area contributed by atoms with E-state index in [9.17, 15) is 4.79 Å². The Kier molecular flexibility index (Phi) is 2.91. The Balaban J connectivity index is 1.93. The smallest absolute Gasteiger partial charge is 0.138 e. The van der Waals surface area contributed by atoms with E-state index in [-0.39, 0.29) is 5.92 Å². The first-order valence-electron chi connectivity index (χ1n) is 5.45. The molecular weight excluding hydrogens is 190 g/mol.